The number of amides is 1. The van der Waals surface area contributed by atoms with E-state index in [-0.39, 0.29) is 24.7 Å². The zero-order valence-electron chi connectivity index (χ0n) is 11.1. The Morgan fingerprint density at radius 3 is 3.00 bits per heavy atom. The molecule has 0 aromatic heterocycles. The van der Waals surface area contributed by atoms with E-state index < -0.39 is 0 Å². The number of nitrogens with zero attached hydrogens (tertiary/aromatic N) is 1. The van der Waals surface area contributed by atoms with Crippen LogP contribution in [0.3, 0.4) is 0 Å². The summed E-state index contributed by atoms with van der Waals surface area (Å²) in [5, 5.41) is 0. The van der Waals surface area contributed by atoms with E-state index in [2.05, 4.69) is 0 Å². The van der Waals surface area contributed by atoms with Crippen LogP contribution in [-0.2, 0) is 19.0 Å². The summed E-state index contributed by atoms with van der Waals surface area (Å²) in [6.45, 7) is 2.52. The number of methoxy groups -OCH3 is 1. The monoisotopic (exact) mass is 257 g/mol. The minimum Gasteiger partial charge on any atom is -0.382 e. The highest BCUT2D eigenvalue weighted by molar-refractivity contribution is 5.78. The van der Waals surface area contributed by atoms with E-state index in [1.807, 2.05) is 4.90 Å². The number of hydrogen-bond donors (Lipinski definition) is 0. The van der Waals surface area contributed by atoms with Gasteiger partial charge < -0.3 is 19.1 Å². The normalized spacial score (nSPS) is 27.9. The third kappa shape index (κ3) is 3.43. The highest BCUT2D eigenvalue weighted by atomic mass is 16.5. The molecule has 0 spiro atoms. The number of fused-ring (bicyclic) bond motifs is 1. The smallest absolute Gasteiger partial charge is 0.248 e. The van der Waals surface area contributed by atoms with Gasteiger partial charge >= 0.3 is 0 Å². The Morgan fingerprint density at radius 2 is 2.17 bits per heavy atom. The summed E-state index contributed by atoms with van der Waals surface area (Å²) in [5.74, 6) is 0.0892. The molecule has 0 bridgehead atoms. The minimum atomic E-state index is 0.0892. The molecule has 0 radical (unpaired) electrons. The van der Waals surface area contributed by atoms with Crippen molar-refractivity contribution < 1.29 is 19.0 Å². The summed E-state index contributed by atoms with van der Waals surface area (Å²) in [7, 11) is 1.62. The summed E-state index contributed by atoms with van der Waals surface area (Å²) in [6.07, 6.45) is 4.80. The maximum absolute atomic E-state index is 12.1. The summed E-state index contributed by atoms with van der Waals surface area (Å²) in [6, 6.07) is 0.269. The van der Waals surface area contributed by atoms with Gasteiger partial charge in [-0.05, 0) is 12.8 Å². The van der Waals surface area contributed by atoms with Crippen molar-refractivity contribution in [2.75, 3.05) is 40.1 Å². The van der Waals surface area contributed by atoms with Crippen LogP contribution in [0.15, 0.2) is 0 Å². The number of carbonyl (C=O) groups excluding carboxylic acids is 1. The number of hydrogen-bond acceptors (Lipinski definition) is 4. The van der Waals surface area contributed by atoms with Crippen molar-refractivity contribution in [3.05, 3.63) is 0 Å². The van der Waals surface area contributed by atoms with Crippen LogP contribution < -0.4 is 0 Å². The van der Waals surface area contributed by atoms with Crippen LogP contribution in [0.5, 0.6) is 0 Å². The Hall–Kier alpha value is -0.650. The Labute approximate surface area is 108 Å². The van der Waals surface area contributed by atoms with Gasteiger partial charge in [-0.25, -0.2) is 0 Å². The standard InChI is InChI=1S/C13H23NO4/c1-16-8-9-17-10-13(15)14-6-7-18-12-5-3-2-4-11(12)14/h11-12H,2-10H2,1H3/t11-,12+/m0/s1. The Morgan fingerprint density at radius 1 is 1.33 bits per heavy atom. The topological polar surface area (TPSA) is 48.0 Å². The first-order valence-corrected chi connectivity index (χ1v) is 6.80. The highest BCUT2D eigenvalue weighted by Gasteiger charge is 2.36. The van der Waals surface area contributed by atoms with Crippen LogP contribution in [0, 0.1) is 0 Å². The molecule has 1 heterocycles. The fourth-order valence-corrected chi connectivity index (χ4v) is 2.79. The second kappa shape index (κ2) is 7.07. The number of carbonyl (C=O) groups is 1. The Balaban J connectivity index is 1.80. The van der Waals surface area contributed by atoms with Gasteiger partial charge in [0.25, 0.3) is 0 Å². The molecule has 5 heteroatoms. The molecule has 1 aliphatic heterocycles. The SMILES string of the molecule is COCCOCC(=O)N1CCO[C@@H]2CCCC[C@@H]21. The van der Waals surface area contributed by atoms with Gasteiger partial charge in [0.05, 0.1) is 32.0 Å². The van der Waals surface area contributed by atoms with Gasteiger partial charge in [0.1, 0.15) is 6.61 Å². The zero-order chi connectivity index (χ0) is 12.8. The molecular weight excluding hydrogens is 234 g/mol. The van der Waals surface area contributed by atoms with E-state index in [4.69, 9.17) is 14.2 Å². The van der Waals surface area contributed by atoms with Gasteiger partial charge in [0.15, 0.2) is 0 Å². The molecule has 1 saturated carbocycles. The maximum Gasteiger partial charge on any atom is 0.248 e. The van der Waals surface area contributed by atoms with Gasteiger partial charge in [0.2, 0.25) is 5.91 Å². The molecule has 1 aliphatic carbocycles. The summed E-state index contributed by atoms with van der Waals surface area (Å²) in [5.41, 5.74) is 0. The summed E-state index contributed by atoms with van der Waals surface area (Å²) >= 11 is 0. The largest absolute Gasteiger partial charge is 0.382 e. The lowest BCUT2D eigenvalue weighted by Gasteiger charge is -2.43. The first kappa shape index (κ1) is 13.8. The summed E-state index contributed by atoms with van der Waals surface area (Å²) in [4.78, 5) is 14.1. The molecular formula is C13H23NO4. The number of morpholine rings is 1. The summed E-state index contributed by atoms with van der Waals surface area (Å²) < 4.78 is 15.9. The molecule has 0 N–H and O–H groups in total. The van der Waals surface area contributed by atoms with Crippen LogP contribution in [0.4, 0.5) is 0 Å². The molecule has 1 saturated heterocycles. The van der Waals surface area contributed by atoms with Crippen molar-refractivity contribution in [2.24, 2.45) is 0 Å². The van der Waals surface area contributed by atoms with Crippen LogP contribution in [-0.4, -0.2) is 63.0 Å². The van der Waals surface area contributed by atoms with Gasteiger partial charge in [-0.2, -0.15) is 0 Å². The Bertz CT molecular complexity index is 270. The molecule has 104 valence electrons. The third-order valence-corrected chi connectivity index (χ3v) is 3.71. The molecule has 18 heavy (non-hydrogen) atoms. The highest BCUT2D eigenvalue weighted by Crippen LogP contribution is 2.28. The van der Waals surface area contributed by atoms with Crippen molar-refractivity contribution in [1.82, 2.24) is 4.90 Å². The van der Waals surface area contributed by atoms with Crippen molar-refractivity contribution in [1.29, 1.82) is 0 Å². The van der Waals surface area contributed by atoms with Crippen molar-refractivity contribution in [2.45, 2.75) is 37.8 Å². The molecule has 2 rings (SSSR count). The van der Waals surface area contributed by atoms with Crippen LogP contribution in [0.1, 0.15) is 25.7 Å². The van der Waals surface area contributed by atoms with Gasteiger partial charge in [-0.3, -0.25) is 4.79 Å². The van der Waals surface area contributed by atoms with Crippen molar-refractivity contribution >= 4 is 5.91 Å². The Kier molecular flexibility index (Phi) is 5.41. The first-order valence-electron chi connectivity index (χ1n) is 6.80. The fraction of sp³-hybridized carbons (Fsp3) is 0.923. The molecule has 0 unspecified atom stereocenters. The molecule has 5 nitrogen and oxygen atoms in total. The molecule has 0 aromatic carbocycles. The van der Waals surface area contributed by atoms with Gasteiger partial charge in [-0.15, -0.1) is 0 Å². The number of rotatable bonds is 5. The minimum absolute atomic E-state index is 0.0892. The predicted molar refractivity (Wildman–Crippen MR) is 66.4 cm³/mol. The van der Waals surface area contributed by atoms with E-state index in [1.54, 1.807) is 7.11 Å². The van der Waals surface area contributed by atoms with E-state index in [0.29, 0.717) is 26.4 Å². The van der Waals surface area contributed by atoms with E-state index >= 15 is 0 Å². The fourth-order valence-electron chi connectivity index (χ4n) is 2.79. The molecule has 2 atom stereocenters. The third-order valence-electron chi connectivity index (χ3n) is 3.71. The lowest BCUT2D eigenvalue weighted by Crippen LogP contribution is -2.55. The zero-order valence-corrected chi connectivity index (χ0v) is 11.1. The van der Waals surface area contributed by atoms with Crippen LogP contribution >= 0.6 is 0 Å². The van der Waals surface area contributed by atoms with Crippen LogP contribution in [0.25, 0.3) is 0 Å². The van der Waals surface area contributed by atoms with Crippen molar-refractivity contribution in [3.8, 4) is 0 Å². The molecule has 2 fully saturated rings. The first-order chi connectivity index (χ1) is 8.83. The molecule has 0 aromatic rings. The average molecular weight is 257 g/mol. The predicted octanol–water partition coefficient (Wildman–Crippen LogP) is 0.819. The lowest BCUT2D eigenvalue weighted by molar-refractivity contribution is -0.154. The second-order valence-corrected chi connectivity index (χ2v) is 4.89. The van der Waals surface area contributed by atoms with Crippen molar-refractivity contribution in [3.63, 3.8) is 0 Å². The quantitative estimate of drug-likeness (QED) is 0.684. The van der Waals surface area contributed by atoms with E-state index in [1.165, 1.54) is 12.8 Å². The maximum atomic E-state index is 12.1. The molecule has 2 aliphatic rings. The average Bonchev–Trinajstić information content (AvgIpc) is 2.43. The van der Waals surface area contributed by atoms with Crippen LogP contribution in [0.2, 0.25) is 0 Å². The van der Waals surface area contributed by atoms with Gasteiger partial charge in [-0.1, -0.05) is 12.8 Å². The molecule has 1 amide bonds. The van der Waals surface area contributed by atoms with E-state index in [9.17, 15) is 4.79 Å². The lowest BCUT2D eigenvalue weighted by atomic mass is 9.90. The van der Waals surface area contributed by atoms with E-state index in [0.717, 1.165) is 12.8 Å². The van der Waals surface area contributed by atoms with Gasteiger partial charge in [0, 0.05) is 13.7 Å². The number of ether oxygens (including phenoxy) is 3. The second-order valence-electron chi connectivity index (χ2n) is 4.89.